The van der Waals surface area contributed by atoms with Crippen LogP contribution >= 0.6 is 0 Å². The molecule has 0 spiro atoms. The SMILES string of the molecule is O=C(C1CNCc2ccccc21)N1Cc2ccccc2C1. The number of carbonyl (C=O) groups excluding carboxylic acids is 1. The molecular formula is C18H18N2O. The molecule has 0 bridgehead atoms. The van der Waals surface area contributed by atoms with Gasteiger partial charge in [0.2, 0.25) is 5.91 Å². The van der Waals surface area contributed by atoms with E-state index in [2.05, 4.69) is 29.6 Å². The minimum Gasteiger partial charge on any atom is -0.333 e. The Labute approximate surface area is 124 Å². The molecule has 3 nitrogen and oxygen atoms in total. The lowest BCUT2D eigenvalue weighted by molar-refractivity contribution is -0.133. The van der Waals surface area contributed by atoms with Crippen molar-refractivity contribution < 1.29 is 4.79 Å². The maximum Gasteiger partial charge on any atom is 0.232 e. The highest BCUT2D eigenvalue weighted by molar-refractivity contribution is 5.85. The molecule has 4 rings (SSSR count). The van der Waals surface area contributed by atoms with Gasteiger partial charge in [-0.05, 0) is 22.3 Å². The van der Waals surface area contributed by atoms with E-state index < -0.39 is 0 Å². The van der Waals surface area contributed by atoms with Crippen LogP contribution in [0.4, 0.5) is 0 Å². The predicted molar refractivity (Wildman–Crippen MR) is 81.6 cm³/mol. The lowest BCUT2D eigenvalue weighted by Gasteiger charge is -2.29. The van der Waals surface area contributed by atoms with Gasteiger partial charge in [-0.3, -0.25) is 4.79 Å². The van der Waals surface area contributed by atoms with Crippen molar-refractivity contribution in [2.24, 2.45) is 0 Å². The Morgan fingerprint density at radius 2 is 1.57 bits per heavy atom. The number of hydrogen-bond donors (Lipinski definition) is 1. The van der Waals surface area contributed by atoms with E-state index in [1.54, 1.807) is 0 Å². The largest absolute Gasteiger partial charge is 0.333 e. The Hall–Kier alpha value is -2.13. The summed E-state index contributed by atoms with van der Waals surface area (Å²) < 4.78 is 0. The summed E-state index contributed by atoms with van der Waals surface area (Å²) in [5.41, 5.74) is 5.00. The van der Waals surface area contributed by atoms with Gasteiger partial charge in [0.1, 0.15) is 0 Å². The van der Waals surface area contributed by atoms with Crippen molar-refractivity contribution in [1.29, 1.82) is 0 Å². The number of rotatable bonds is 1. The monoisotopic (exact) mass is 278 g/mol. The van der Waals surface area contributed by atoms with Crippen LogP contribution in [0.5, 0.6) is 0 Å². The van der Waals surface area contributed by atoms with Crippen molar-refractivity contribution in [1.82, 2.24) is 10.2 Å². The fourth-order valence-corrected chi connectivity index (χ4v) is 3.43. The van der Waals surface area contributed by atoms with Gasteiger partial charge in [0.05, 0.1) is 5.92 Å². The average molecular weight is 278 g/mol. The third kappa shape index (κ3) is 2.14. The van der Waals surface area contributed by atoms with E-state index in [1.165, 1.54) is 22.3 Å². The number of nitrogens with zero attached hydrogens (tertiary/aromatic N) is 1. The van der Waals surface area contributed by atoms with E-state index in [-0.39, 0.29) is 11.8 Å². The van der Waals surface area contributed by atoms with Gasteiger partial charge in [0.15, 0.2) is 0 Å². The summed E-state index contributed by atoms with van der Waals surface area (Å²) in [6.45, 7) is 3.09. The van der Waals surface area contributed by atoms with Crippen molar-refractivity contribution in [3.05, 3.63) is 70.8 Å². The van der Waals surface area contributed by atoms with Gasteiger partial charge in [0, 0.05) is 26.2 Å². The average Bonchev–Trinajstić information content (AvgIpc) is 2.97. The first-order valence-corrected chi connectivity index (χ1v) is 7.47. The molecule has 2 aliphatic rings. The lowest BCUT2D eigenvalue weighted by atomic mass is 9.90. The summed E-state index contributed by atoms with van der Waals surface area (Å²) >= 11 is 0. The van der Waals surface area contributed by atoms with E-state index in [0.29, 0.717) is 0 Å². The third-order valence-electron chi connectivity index (χ3n) is 4.54. The Kier molecular flexibility index (Phi) is 3.00. The van der Waals surface area contributed by atoms with Gasteiger partial charge in [-0.1, -0.05) is 48.5 Å². The number of nitrogens with one attached hydrogen (secondary N) is 1. The fourth-order valence-electron chi connectivity index (χ4n) is 3.43. The van der Waals surface area contributed by atoms with E-state index in [1.807, 2.05) is 29.2 Å². The van der Waals surface area contributed by atoms with Crippen LogP contribution in [-0.2, 0) is 24.4 Å². The minimum atomic E-state index is -0.0516. The van der Waals surface area contributed by atoms with Crippen LogP contribution in [0.1, 0.15) is 28.2 Å². The van der Waals surface area contributed by atoms with Crippen LogP contribution in [0.3, 0.4) is 0 Å². The first-order valence-electron chi connectivity index (χ1n) is 7.47. The summed E-state index contributed by atoms with van der Waals surface area (Å²) in [4.78, 5) is 14.9. The van der Waals surface area contributed by atoms with Gasteiger partial charge < -0.3 is 10.2 Å². The third-order valence-corrected chi connectivity index (χ3v) is 4.54. The molecule has 0 fully saturated rings. The quantitative estimate of drug-likeness (QED) is 0.869. The predicted octanol–water partition coefficient (Wildman–Crippen LogP) is 2.42. The number of fused-ring (bicyclic) bond motifs is 2. The van der Waals surface area contributed by atoms with Crippen LogP contribution in [0, 0.1) is 0 Å². The van der Waals surface area contributed by atoms with E-state index in [0.717, 1.165) is 26.2 Å². The van der Waals surface area contributed by atoms with Gasteiger partial charge in [0.25, 0.3) is 0 Å². The molecule has 1 atom stereocenters. The van der Waals surface area contributed by atoms with Crippen molar-refractivity contribution in [3.63, 3.8) is 0 Å². The topological polar surface area (TPSA) is 32.3 Å². The molecule has 2 heterocycles. The summed E-state index contributed by atoms with van der Waals surface area (Å²) in [5.74, 6) is 0.190. The highest BCUT2D eigenvalue weighted by Gasteiger charge is 2.32. The number of benzene rings is 2. The normalized spacial score (nSPS) is 20.0. The summed E-state index contributed by atoms with van der Waals surface area (Å²) in [5, 5.41) is 3.37. The van der Waals surface area contributed by atoms with Crippen LogP contribution in [0.2, 0.25) is 0 Å². The first-order chi connectivity index (χ1) is 10.3. The van der Waals surface area contributed by atoms with Crippen molar-refractivity contribution in [2.45, 2.75) is 25.6 Å². The Balaban J connectivity index is 1.60. The molecule has 1 N–H and O–H groups in total. The number of carbonyl (C=O) groups is 1. The molecule has 3 heteroatoms. The maximum atomic E-state index is 12.9. The van der Waals surface area contributed by atoms with Gasteiger partial charge in [-0.2, -0.15) is 0 Å². The van der Waals surface area contributed by atoms with Gasteiger partial charge >= 0.3 is 0 Å². The van der Waals surface area contributed by atoms with Crippen LogP contribution in [0.25, 0.3) is 0 Å². The highest BCUT2D eigenvalue weighted by atomic mass is 16.2. The van der Waals surface area contributed by atoms with Gasteiger partial charge in [-0.25, -0.2) is 0 Å². The molecule has 1 amide bonds. The summed E-state index contributed by atoms with van der Waals surface area (Å²) in [6, 6.07) is 16.6. The van der Waals surface area contributed by atoms with E-state index in [9.17, 15) is 4.79 Å². The van der Waals surface area contributed by atoms with Crippen molar-refractivity contribution in [2.75, 3.05) is 6.54 Å². The molecule has 0 radical (unpaired) electrons. The second-order valence-corrected chi connectivity index (χ2v) is 5.85. The van der Waals surface area contributed by atoms with Crippen LogP contribution in [-0.4, -0.2) is 17.4 Å². The zero-order valence-corrected chi connectivity index (χ0v) is 11.9. The number of amides is 1. The standard InChI is InChI=1S/C18H18N2O/c21-18(20-11-14-6-1-2-7-15(14)12-20)17-10-19-9-13-5-3-4-8-16(13)17/h1-8,17,19H,9-12H2. The highest BCUT2D eigenvalue weighted by Crippen LogP contribution is 2.30. The van der Waals surface area contributed by atoms with Gasteiger partial charge in [-0.15, -0.1) is 0 Å². The van der Waals surface area contributed by atoms with E-state index in [4.69, 9.17) is 0 Å². The lowest BCUT2D eigenvalue weighted by Crippen LogP contribution is -2.39. The molecule has 2 aromatic carbocycles. The second-order valence-electron chi connectivity index (χ2n) is 5.85. The number of hydrogen-bond acceptors (Lipinski definition) is 2. The van der Waals surface area contributed by atoms with Crippen molar-refractivity contribution in [3.8, 4) is 0 Å². The summed E-state index contributed by atoms with van der Waals surface area (Å²) in [6.07, 6.45) is 0. The van der Waals surface area contributed by atoms with Crippen LogP contribution in [0.15, 0.2) is 48.5 Å². The smallest absolute Gasteiger partial charge is 0.232 e. The molecule has 0 aliphatic carbocycles. The van der Waals surface area contributed by atoms with Crippen LogP contribution < -0.4 is 5.32 Å². The minimum absolute atomic E-state index is 0.0516. The molecule has 0 aromatic heterocycles. The molecule has 2 aliphatic heterocycles. The molecule has 2 aromatic rings. The molecule has 1 unspecified atom stereocenters. The Morgan fingerprint density at radius 3 is 2.29 bits per heavy atom. The molecular weight excluding hydrogens is 260 g/mol. The molecule has 106 valence electrons. The fraction of sp³-hybridized carbons (Fsp3) is 0.278. The first kappa shape index (κ1) is 12.6. The Bertz CT molecular complexity index is 670. The van der Waals surface area contributed by atoms with E-state index >= 15 is 0 Å². The molecule has 0 saturated carbocycles. The second kappa shape index (κ2) is 5.01. The maximum absolute atomic E-state index is 12.9. The zero-order valence-electron chi connectivity index (χ0n) is 11.9. The van der Waals surface area contributed by atoms with Crippen molar-refractivity contribution >= 4 is 5.91 Å². The summed E-state index contributed by atoms with van der Waals surface area (Å²) in [7, 11) is 0. The Morgan fingerprint density at radius 1 is 0.952 bits per heavy atom. The zero-order chi connectivity index (χ0) is 14.2. The molecule has 21 heavy (non-hydrogen) atoms. The molecule has 0 saturated heterocycles.